The molecule has 0 heterocycles. The monoisotopic (exact) mass is 626 g/mol. The minimum Gasteiger partial charge on any atom is -0.379 e. The third-order valence-corrected chi connectivity index (χ3v) is 6.00. The predicted molar refractivity (Wildman–Crippen MR) is 167 cm³/mol. The Morgan fingerprint density at radius 3 is 0.628 bits per heavy atom. The number of unbranched alkanes of at least 4 members (excludes halogenated alkanes) is 6. The molecule has 0 aromatic heterocycles. The van der Waals surface area contributed by atoms with E-state index >= 15 is 0 Å². The molecule has 0 unspecified atom stereocenters. The van der Waals surface area contributed by atoms with Gasteiger partial charge in [0.1, 0.15) is 0 Å². The third kappa shape index (κ3) is 41.6. The molecule has 0 bridgehead atoms. The van der Waals surface area contributed by atoms with Gasteiger partial charge < -0.3 is 52.1 Å². The molecule has 0 aromatic rings. The maximum absolute atomic E-state index is 5.58. The van der Waals surface area contributed by atoms with Gasteiger partial charge in [0.15, 0.2) is 0 Å². The third-order valence-electron chi connectivity index (χ3n) is 6.00. The number of hydrogen-bond acceptors (Lipinski definition) is 11. The van der Waals surface area contributed by atoms with E-state index in [-0.39, 0.29) is 0 Å². The van der Waals surface area contributed by atoms with Crippen molar-refractivity contribution in [3.8, 4) is 0 Å². The molecule has 0 rings (SSSR count). The van der Waals surface area contributed by atoms with Crippen LogP contribution >= 0.6 is 0 Å². The molecule has 0 aromatic carbocycles. The van der Waals surface area contributed by atoms with E-state index in [0.29, 0.717) is 132 Å². The summed E-state index contributed by atoms with van der Waals surface area (Å²) in [6.45, 7) is 17.2. The summed E-state index contributed by atoms with van der Waals surface area (Å²) in [6.07, 6.45) is 9.95. The Bertz CT molecular complexity index is 435. The van der Waals surface area contributed by atoms with Crippen molar-refractivity contribution in [2.45, 2.75) is 65.2 Å². The van der Waals surface area contributed by atoms with Gasteiger partial charge in [-0.3, -0.25) is 0 Å². The summed E-state index contributed by atoms with van der Waals surface area (Å²) in [7, 11) is 0. The lowest BCUT2D eigenvalue weighted by molar-refractivity contribution is -0.0275. The molecule has 0 aliphatic carbocycles. The number of ether oxygens (including phenoxy) is 11. The van der Waals surface area contributed by atoms with Crippen molar-refractivity contribution in [3.05, 3.63) is 0 Å². The van der Waals surface area contributed by atoms with Gasteiger partial charge in [-0.05, 0) is 12.8 Å². The van der Waals surface area contributed by atoms with Crippen LogP contribution in [0.3, 0.4) is 0 Å². The Morgan fingerprint density at radius 1 is 0.186 bits per heavy atom. The Balaban J connectivity index is 3.02. The topological polar surface area (TPSA) is 102 Å². The van der Waals surface area contributed by atoms with Gasteiger partial charge in [-0.2, -0.15) is 0 Å². The lowest BCUT2D eigenvalue weighted by Gasteiger charge is -2.09. The number of rotatable bonds is 40. The van der Waals surface area contributed by atoms with Gasteiger partial charge in [-0.15, -0.1) is 0 Å². The highest BCUT2D eigenvalue weighted by Crippen LogP contribution is 2.04. The van der Waals surface area contributed by atoms with Crippen LogP contribution in [-0.2, 0) is 52.1 Å². The summed E-state index contributed by atoms with van der Waals surface area (Å²) in [6, 6.07) is 0. The second-order valence-electron chi connectivity index (χ2n) is 9.86. The first-order chi connectivity index (χ1) is 21.4. The van der Waals surface area contributed by atoms with Crippen molar-refractivity contribution in [2.75, 3.05) is 145 Å². The predicted octanol–water partition coefficient (Wildman–Crippen LogP) is 4.33. The van der Waals surface area contributed by atoms with Gasteiger partial charge in [0.05, 0.1) is 132 Å². The van der Waals surface area contributed by atoms with Crippen molar-refractivity contribution in [2.24, 2.45) is 0 Å². The molecular weight excluding hydrogens is 560 g/mol. The fourth-order valence-corrected chi connectivity index (χ4v) is 3.53. The SMILES string of the molecule is CCCCCCCCOCCOCCOCCOCCOCCOCCOCCOCCOCCOCCOCCCC. The molecule has 0 spiro atoms. The molecule has 0 atom stereocenters. The molecule has 0 aliphatic heterocycles. The molecule has 0 saturated heterocycles. The summed E-state index contributed by atoms with van der Waals surface area (Å²) in [5.74, 6) is 0. The summed E-state index contributed by atoms with van der Waals surface area (Å²) < 4.78 is 60.3. The zero-order valence-corrected chi connectivity index (χ0v) is 27.7. The van der Waals surface area contributed by atoms with Crippen LogP contribution in [0.1, 0.15) is 65.2 Å². The molecule has 0 aliphatic rings. The van der Waals surface area contributed by atoms with Crippen molar-refractivity contribution in [1.82, 2.24) is 0 Å². The highest BCUT2D eigenvalue weighted by Gasteiger charge is 1.97. The summed E-state index contributed by atoms with van der Waals surface area (Å²) >= 11 is 0. The van der Waals surface area contributed by atoms with E-state index in [0.717, 1.165) is 32.5 Å². The van der Waals surface area contributed by atoms with Gasteiger partial charge in [-0.25, -0.2) is 0 Å². The van der Waals surface area contributed by atoms with Gasteiger partial charge >= 0.3 is 0 Å². The van der Waals surface area contributed by atoms with Crippen molar-refractivity contribution in [1.29, 1.82) is 0 Å². The van der Waals surface area contributed by atoms with Crippen LogP contribution in [0.4, 0.5) is 0 Å². The standard InChI is InChI=1S/C32H66O11/c1-3-5-7-8-9-10-12-34-14-16-36-18-20-38-22-24-40-26-28-42-30-32-43-31-29-41-27-25-39-23-21-37-19-17-35-15-13-33-11-6-4-2/h3-32H2,1-2H3. The van der Waals surface area contributed by atoms with Gasteiger partial charge in [-0.1, -0.05) is 52.4 Å². The molecule has 0 radical (unpaired) electrons. The molecule has 11 nitrogen and oxygen atoms in total. The lowest BCUT2D eigenvalue weighted by Crippen LogP contribution is -2.15. The van der Waals surface area contributed by atoms with E-state index in [9.17, 15) is 0 Å². The first-order valence-electron chi connectivity index (χ1n) is 16.8. The minimum absolute atomic E-state index is 0.528. The van der Waals surface area contributed by atoms with Crippen LogP contribution in [0.25, 0.3) is 0 Å². The van der Waals surface area contributed by atoms with Crippen LogP contribution in [-0.4, -0.2) is 145 Å². The van der Waals surface area contributed by atoms with E-state index in [1.165, 1.54) is 32.1 Å². The summed E-state index contributed by atoms with van der Waals surface area (Å²) in [4.78, 5) is 0. The molecule has 0 amide bonds. The largest absolute Gasteiger partial charge is 0.379 e. The molecule has 0 fully saturated rings. The second-order valence-corrected chi connectivity index (χ2v) is 9.86. The van der Waals surface area contributed by atoms with Crippen LogP contribution in [0.15, 0.2) is 0 Å². The Kier molecular flexibility index (Phi) is 41.1. The van der Waals surface area contributed by atoms with Crippen molar-refractivity contribution in [3.63, 3.8) is 0 Å². The molecule has 0 saturated carbocycles. The highest BCUT2D eigenvalue weighted by atomic mass is 16.6. The van der Waals surface area contributed by atoms with E-state index in [2.05, 4.69) is 13.8 Å². The van der Waals surface area contributed by atoms with Crippen molar-refractivity contribution < 1.29 is 52.1 Å². The van der Waals surface area contributed by atoms with E-state index in [1.54, 1.807) is 0 Å². The second kappa shape index (κ2) is 41.6. The minimum atomic E-state index is 0.528. The lowest BCUT2D eigenvalue weighted by atomic mass is 10.1. The average Bonchev–Trinajstić information content (AvgIpc) is 3.02. The van der Waals surface area contributed by atoms with Gasteiger partial charge in [0, 0.05) is 13.2 Å². The maximum Gasteiger partial charge on any atom is 0.0701 e. The molecule has 43 heavy (non-hydrogen) atoms. The molecule has 0 N–H and O–H groups in total. The van der Waals surface area contributed by atoms with Crippen LogP contribution in [0.2, 0.25) is 0 Å². The molecule has 11 heteroatoms. The normalized spacial score (nSPS) is 11.6. The fraction of sp³-hybridized carbons (Fsp3) is 1.00. The van der Waals surface area contributed by atoms with Gasteiger partial charge in [0.25, 0.3) is 0 Å². The molecular formula is C32H66O11. The summed E-state index contributed by atoms with van der Waals surface area (Å²) in [5.41, 5.74) is 0. The first-order valence-corrected chi connectivity index (χ1v) is 16.8. The highest BCUT2D eigenvalue weighted by molar-refractivity contribution is 4.44. The Labute approximate surface area is 262 Å². The molecule has 260 valence electrons. The van der Waals surface area contributed by atoms with E-state index < -0.39 is 0 Å². The van der Waals surface area contributed by atoms with Crippen molar-refractivity contribution >= 4 is 0 Å². The van der Waals surface area contributed by atoms with Gasteiger partial charge in [0.2, 0.25) is 0 Å². The average molecular weight is 627 g/mol. The van der Waals surface area contributed by atoms with Crippen LogP contribution in [0.5, 0.6) is 0 Å². The van der Waals surface area contributed by atoms with E-state index in [1.807, 2.05) is 0 Å². The zero-order valence-electron chi connectivity index (χ0n) is 27.7. The smallest absolute Gasteiger partial charge is 0.0701 e. The quantitative estimate of drug-likeness (QED) is 0.0909. The number of hydrogen-bond donors (Lipinski definition) is 0. The first kappa shape index (κ1) is 42.6. The van der Waals surface area contributed by atoms with Crippen LogP contribution in [0, 0.1) is 0 Å². The van der Waals surface area contributed by atoms with E-state index in [4.69, 9.17) is 52.1 Å². The maximum atomic E-state index is 5.58. The Hall–Kier alpha value is -0.440. The summed E-state index contributed by atoms with van der Waals surface area (Å²) in [5, 5.41) is 0. The zero-order chi connectivity index (χ0) is 31.0. The van der Waals surface area contributed by atoms with Crippen LogP contribution < -0.4 is 0 Å². The fourth-order valence-electron chi connectivity index (χ4n) is 3.53. The Morgan fingerprint density at radius 2 is 0.372 bits per heavy atom.